The maximum Gasteiger partial charge on any atom is 0.119 e. The van der Waals surface area contributed by atoms with Gasteiger partial charge in [-0.25, -0.2) is 0 Å². The maximum atomic E-state index is 9.31. The minimum atomic E-state index is 0.218. The summed E-state index contributed by atoms with van der Waals surface area (Å²) in [5.74, 6) is 1.02. The van der Waals surface area contributed by atoms with Crippen LogP contribution in [-0.4, -0.2) is 17.2 Å². The Bertz CT molecular complexity index is 451. The van der Waals surface area contributed by atoms with Gasteiger partial charge in [-0.05, 0) is 30.3 Å². The van der Waals surface area contributed by atoms with Crippen LogP contribution in [0.4, 0.5) is 0 Å². The molecule has 0 fully saturated rings. The first-order chi connectivity index (χ1) is 7.29. The SMILES string of the molecule is COc1ccc(-c2cc(O)ccn2)cc1. The molecule has 0 spiro atoms. The third-order valence-electron chi connectivity index (χ3n) is 2.13. The number of aromatic hydroxyl groups is 1. The number of rotatable bonds is 2. The number of methoxy groups -OCH3 is 1. The van der Waals surface area contributed by atoms with Crippen LogP contribution in [0.3, 0.4) is 0 Å². The van der Waals surface area contributed by atoms with E-state index in [2.05, 4.69) is 4.98 Å². The second-order valence-electron chi connectivity index (χ2n) is 3.13. The van der Waals surface area contributed by atoms with Crippen molar-refractivity contribution < 1.29 is 9.84 Å². The highest BCUT2D eigenvalue weighted by atomic mass is 16.5. The van der Waals surface area contributed by atoms with Crippen molar-refractivity contribution in [3.05, 3.63) is 42.6 Å². The van der Waals surface area contributed by atoms with Crippen molar-refractivity contribution in [2.24, 2.45) is 0 Å². The summed E-state index contributed by atoms with van der Waals surface area (Å²) in [5.41, 5.74) is 1.70. The van der Waals surface area contributed by atoms with Gasteiger partial charge in [-0.2, -0.15) is 0 Å². The normalized spacial score (nSPS) is 9.93. The topological polar surface area (TPSA) is 42.4 Å². The lowest BCUT2D eigenvalue weighted by Gasteiger charge is -2.03. The van der Waals surface area contributed by atoms with Crippen molar-refractivity contribution in [3.63, 3.8) is 0 Å². The summed E-state index contributed by atoms with van der Waals surface area (Å²) in [6.07, 6.45) is 1.58. The van der Waals surface area contributed by atoms with Crippen molar-refractivity contribution in [1.82, 2.24) is 4.98 Å². The van der Waals surface area contributed by atoms with Crippen molar-refractivity contribution in [2.75, 3.05) is 7.11 Å². The third-order valence-corrected chi connectivity index (χ3v) is 2.13. The lowest BCUT2D eigenvalue weighted by molar-refractivity contribution is 0.415. The van der Waals surface area contributed by atoms with Gasteiger partial charge >= 0.3 is 0 Å². The average molecular weight is 201 g/mol. The van der Waals surface area contributed by atoms with E-state index in [0.29, 0.717) is 0 Å². The van der Waals surface area contributed by atoms with Crippen LogP contribution in [0.5, 0.6) is 11.5 Å². The fourth-order valence-electron chi connectivity index (χ4n) is 1.34. The van der Waals surface area contributed by atoms with Gasteiger partial charge in [0.05, 0.1) is 12.8 Å². The Morgan fingerprint density at radius 1 is 1.13 bits per heavy atom. The molecule has 1 aromatic carbocycles. The molecule has 2 aromatic rings. The molecule has 0 bridgehead atoms. The molecular formula is C12H11NO2. The third kappa shape index (κ3) is 2.07. The zero-order chi connectivity index (χ0) is 10.7. The largest absolute Gasteiger partial charge is 0.508 e. The molecule has 0 aliphatic heterocycles. The molecule has 0 aliphatic carbocycles. The van der Waals surface area contributed by atoms with E-state index in [1.165, 1.54) is 0 Å². The number of hydrogen-bond acceptors (Lipinski definition) is 3. The van der Waals surface area contributed by atoms with Gasteiger partial charge < -0.3 is 9.84 Å². The molecule has 0 radical (unpaired) electrons. The first-order valence-electron chi connectivity index (χ1n) is 4.59. The molecule has 2 rings (SSSR count). The van der Waals surface area contributed by atoms with Crippen LogP contribution in [-0.2, 0) is 0 Å². The van der Waals surface area contributed by atoms with Crippen molar-refractivity contribution in [3.8, 4) is 22.8 Å². The molecule has 1 N–H and O–H groups in total. The first kappa shape index (κ1) is 9.52. The van der Waals surface area contributed by atoms with Crippen molar-refractivity contribution >= 4 is 0 Å². The Labute approximate surface area is 88.0 Å². The molecule has 0 aliphatic rings. The zero-order valence-electron chi connectivity index (χ0n) is 8.34. The van der Waals surface area contributed by atoms with Crippen LogP contribution in [0.1, 0.15) is 0 Å². The molecule has 0 unspecified atom stereocenters. The number of nitrogens with zero attached hydrogens (tertiary/aromatic N) is 1. The number of ether oxygens (including phenoxy) is 1. The molecule has 0 saturated carbocycles. The van der Waals surface area contributed by atoms with E-state index < -0.39 is 0 Å². The number of aromatic nitrogens is 1. The van der Waals surface area contributed by atoms with Crippen LogP contribution in [0, 0.1) is 0 Å². The predicted octanol–water partition coefficient (Wildman–Crippen LogP) is 2.46. The molecule has 0 atom stereocenters. The van der Waals surface area contributed by atoms with Crippen molar-refractivity contribution in [2.45, 2.75) is 0 Å². The summed E-state index contributed by atoms with van der Waals surface area (Å²) < 4.78 is 5.06. The minimum Gasteiger partial charge on any atom is -0.508 e. The number of hydrogen-bond donors (Lipinski definition) is 1. The van der Waals surface area contributed by atoms with Gasteiger partial charge in [-0.15, -0.1) is 0 Å². The van der Waals surface area contributed by atoms with Gasteiger partial charge in [-0.1, -0.05) is 0 Å². The summed E-state index contributed by atoms with van der Waals surface area (Å²) in [6.45, 7) is 0. The fraction of sp³-hybridized carbons (Fsp3) is 0.0833. The second kappa shape index (κ2) is 4.00. The Kier molecular flexibility index (Phi) is 2.54. The highest BCUT2D eigenvalue weighted by Crippen LogP contribution is 2.22. The quantitative estimate of drug-likeness (QED) is 0.811. The summed E-state index contributed by atoms with van der Waals surface area (Å²) in [7, 11) is 1.63. The zero-order valence-corrected chi connectivity index (χ0v) is 8.34. The van der Waals surface area contributed by atoms with Gasteiger partial charge in [0.25, 0.3) is 0 Å². The van der Waals surface area contributed by atoms with Crippen molar-refractivity contribution in [1.29, 1.82) is 0 Å². The van der Waals surface area contributed by atoms with E-state index >= 15 is 0 Å². The fourth-order valence-corrected chi connectivity index (χ4v) is 1.34. The van der Waals surface area contributed by atoms with Gasteiger partial charge in [0.2, 0.25) is 0 Å². The van der Waals surface area contributed by atoms with E-state index in [0.717, 1.165) is 17.0 Å². The molecule has 15 heavy (non-hydrogen) atoms. The summed E-state index contributed by atoms with van der Waals surface area (Å²) in [5, 5.41) is 9.31. The lowest BCUT2D eigenvalue weighted by Crippen LogP contribution is -1.84. The van der Waals surface area contributed by atoms with E-state index in [1.807, 2.05) is 24.3 Å². The van der Waals surface area contributed by atoms with Crippen LogP contribution in [0.25, 0.3) is 11.3 Å². The molecule has 3 nitrogen and oxygen atoms in total. The first-order valence-corrected chi connectivity index (χ1v) is 4.59. The summed E-state index contributed by atoms with van der Waals surface area (Å²) >= 11 is 0. The smallest absolute Gasteiger partial charge is 0.119 e. The summed E-state index contributed by atoms with van der Waals surface area (Å²) in [4.78, 5) is 4.16. The number of benzene rings is 1. The van der Waals surface area contributed by atoms with Crippen LogP contribution in [0.2, 0.25) is 0 Å². The van der Waals surface area contributed by atoms with Crippen LogP contribution < -0.4 is 4.74 Å². The molecule has 76 valence electrons. The van der Waals surface area contributed by atoms with Gasteiger partial charge in [0, 0.05) is 17.8 Å². The van der Waals surface area contributed by atoms with Gasteiger partial charge in [-0.3, -0.25) is 4.98 Å². The molecule has 1 heterocycles. The van der Waals surface area contributed by atoms with Gasteiger partial charge in [0.15, 0.2) is 0 Å². The van der Waals surface area contributed by atoms with E-state index in [1.54, 1.807) is 25.4 Å². The Morgan fingerprint density at radius 2 is 1.87 bits per heavy atom. The Hall–Kier alpha value is -2.03. The predicted molar refractivity (Wildman–Crippen MR) is 57.9 cm³/mol. The molecule has 0 amide bonds. The molecule has 0 saturated heterocycles. The van der Waals surface area contributed by atoms with E-state index in [9.17, 15) is 5.11 Å². The second-order valence-corrected chi connectivity index (χ2v) is 3.13. The standard InChI is InChI=1S/C12H11NO2/c1-15-11-4-2-9(3-5-11)12-8-10(14)6-7-13-12/h2-8H,1H3,(H,13,14). The summed E-state index contributed by atoms with van der Waals surface area (Å²) in [6, 6.07) is 10.7. The monoisotopic (exact) mass is 201 g/mol. The van der Waals surface area contributed by atoms with Gasteiger partial charge in [0.1, 0.15) is 11.5 Å². The van der Waals surface area contributed by atoms with E-state index in [4.69, 9.17) is 4.74 Å². The maximum absolute atomic E-state index is 9.31. The molecule has 1 aromatic heterocycles. The highest BCUT2D eigenvalue weighted by Gasteiger charge is 2.00. The average Bonchev–Trinajstić information content (AvgIpc) is 2.29. The Balaban J connectivity index is 2.37. The molecule has 3 heteroatoms. The molecular weight excluding hydrogens is 190 g/mol. The lowest BCUT2D eigenvalue weighted by atomic mass is 10.1. The Morgan fingerprint density at radius 3 is 2.47 bits per heavy atom. The van der Waals surface area contributed by atoms with E-state index in [-0.39, 0.29) is 5.75 Å². The minimum absolute atomic E-state index is 0.218. The highest BCUT2D eigenvalue weighted by molar-refractivity contribution is 5.61. The van der Waals surface area contributed by atoms with Crippen LogP contribution in [0.15, 0.2) is 42.6 Å². The van der Waals surface area contributed by atoms with Crippen LogP contribution >= 0.6 is 0 Å². The number of pyridine rings is 1.